The predicted molar refractivity (Wildman–Crippen MR) is 56.7 cm³/mol. The van der Waals surface area contributed by atoms with Crippen molar-refractivity contribution in [1.29, 1.82) is 0 Å². The number of carboxylic acid groups (broad SMARTS) is 1. The van der Waals surface area contributed by atoms with E-state index in [1.54, 1.807) is 24.3 Å². The van der Waals surface area contributed by atoms with Gasteiger partial charge in [0.15, 0.2) is 0 Å². The maximum atomic E-state index is 11.4. The molecule has 1 heterocycles. The maximum absolute atomic E-state index is 11.4. The van der Waals surface area contributed by atoms with Gasteiger partial charge >= 0.3 is 12.1 Å². The molecule has 0 aromatic heterocycles. The van der Waals surface area contributed by atoms with Crippen LogP contribution in [0.3, 0.4) is 0 Å². The van der Waals surface area contributed by atoms with E-state index in [4.69, 9.17) is 16.7 Å². The molecule has 2 rings (SSSR count). The van der Waals surface area contributed by atoms with Crippen LogP contribution in [0.15, 0.2) is 24.3 Å². The highest BCUT2D eigenvalue weighted by atomic mass is 35.5. The van der Waals surface area contributed by atoms with Crippen LogP contribution in [-0.2, 0) is 9.53 Å². The van der Waals surface area contributed by atoms with Crippen molar-refractivity contribution in [3.63, 3.8) is 0 Å². The molecule has 0 radical (unpaired) electrons. The SMILES string of the molecule is O=C(O)[C@H]1CN(c2ccc(Cl)cc2)C(=O)O1. The summed E-state index contributed by atoms with van der Waals surface area (Å²) in [4.78, 5) is 23.3. The Balaban J connectivity index is 2.20. The van der Waals surface area contributed by atoms with Crippen molar-refractivity contribution in [1.82, 2.24) is 0 Å². The smallest absolute Gasteiger partial charge is 0.415 e. The summed E-state index contributed by atoms with van der Waals surface area (Å²) in [6.45, 7) is 0.00972. The highest BCUT2D eigenvalue weighted by Gasteiger charge is 2.36. The number of aliphatic carboxylic acids is 1. The Hall–Kier alpha value is -1.75. The molecule has 0 bridgehead atoms. The van der Waals surface area contributed by atoms with Crippen LogP contribution in [0.1, 0.15) is 0 Å². The van der Waals surface area contributed by atoms with Crippen molar-refractivity contribution in [2.24, 2.45) is 0 Å². The number of amides is 1. The third-order valence-electron chi connectivity index (χ3n) is 2.23. The van der Waals surface area contributed by atoms with E-state index in [2.05, 4.69) is 4.74 Å². The highest BCUT2D eigenvalue weighted by molar-refractivity contribution is 6.30. The average molecular weight is 242 g/mol. The first-order chi connectivity index (χ1) is 7.58. The van der Waals surface area contributed by atoms with E-state index in [1.807, 2.05) is 0 Å². The zero-order chi connectivity index (χ0) is 11.7. The number of hydrogen-bond acceptors (Lipinski definition) is 3. The Kier molecular flexibility index (Phi) is 2.70. The number of anilines is 1. The lowest BCUT2D eigenvalue weighted by Crippen LogP contribution is -2.27. The van der Waals surface area contributed by atoms with Crippen LogP contribution in [0.2, 0.25) is 5.02 Å². The molecular weight excluding hydrogens is 234 g/mol. The summed E-state index contributed by atoms with van der Waals surface area (Å²) in [7, 11) is 0. The third kappa shape index (κ3) is 1.94. The maximum Gasteiger partial charge on any atom is 0.415 e. The van der Waals surface area contributed by atoms with Crippen LogP contribution in [0.5, 0.6) is 0 Å². The molecule has 84 valence electrons. The minimum atomic E-state index is -1.15. The fourth-order valence-electron chi connectivity index (χ4n) is 1.42. The second-order valence-electron chi connectivity index (χ2n) is 3.30. The molecule has 1 atom stereocenters. The fourth-order valence-corrected chi connectivity index (χ4v) is 1.55. The van der Waals surface area contributed by atoms with Crippen molar-refractivity contribution < 1.29 is 19.4 Å². The van der Waals surface area contributed by atoms with Crippen LogP contribution >= 0.6 is 11.6 Å². The molecule has 0 unspecified atom stereocenters. The van der Waals surface area contributed by atoms with Crippen LogP contribution in [0, 0.1) is 0 Å². The van der Waals surface area contributed by atoms with E-state index >= 15 is 0 Å². The molecule has 0 saturated carbocycles. The summed E-state index contributed by atoms with van der Waals surface area (Å²) in [5.41, 5.74) is 0.568. The van der Waals surface area contributed by atoms with Crippen LogP contribution in [0.4, 0.5) is 10.5 Å². The van der Waals surface area contributed by atoms with Gasteiger partial charge in [-0.2, -0.15) is 0 Å². The second-order valence-corrected chi connectivity index (χ2v) is 3.73. The van der Waals surface area contributed by atoms with E-state index < -0.39 is 18.2 Å². The minimum absolute atomic E-state index is 0.00972. The summed E-state index contributed by atoms with van der Waals surface area (Å²) in [6, 6.07) is 6.51. The summed E-state index contributed by atoms with van der Waals surface area (Å²) < 4.78 is 4.67. The number of cyclic esters (lactones) is 1. The zero-order valence-electron chi connectivity index (χ0n) is 8.09. The number of hydrogen-bond donors (Lipinski definition) is 1. The van der Waals surface area contributed by atoms with E-state index in [-0.39, 0.29) is 6.54 Å². The Labute approximate surface area is 96.2 Å². The van der Waals surface area contributed by atoms with E-state index in [0.717, 1.165) is 0 Å². The van der Waals surface area contributed by atoms with Crippen LogP contribution in [0.25, 0.3) is 0 Å². The topological polar surface area (TPSA) is 66.8 Å². The molecule has 16 heavy (non-hydrogen) atoms. The normalized spacial score (nSPS) is 19.7. The minimum Gasteiger partial charge on any atom is -0.478 e. The molecule has 1 aromatic carbocycles. The Morgan fingerprint density at radius 3 is 2.56 bits per heavy atom. The first-order valence-corrected chi connectivity index (χ1v) is 4.92. The molecule has 6 heteroatoms. The van der Waals surface area contributed by atoms with Gasteiger partial charge in [-0.05, 0) is 24.3 Å². The lowest BCUT2D eigenvalue weighted by Gasteiger charge is -2.11. The average Bonchev–Trinajstić information content (AvgIpc) is 2.62. The van der Waals surface area contributed by atoms with Crippen LogP contribution < -0.4 is 4.90 Å². The number of carbonyl (C=O) groups is 2. The molecule has 5 nitrogen and oxygen atoms in total. The van der Waals surface area contributed by atoms with Gasteiger partial charge in [0.1, 0.15) is 0 Å². The van der Waals surface area contributed by atoms with Crippen molar-refractivity contribution in [3.05, 3.63) is 29.3 Å². The Morgan fingerprint density at radius 2 is 2.06 bits per heavy atom. The van der Waals surface area contributed by atoms with Crippen molar-refractivity contribution >= 4 is 29.4 Å². The molecule has 1 saturated heterocycles. The van der Waals surface area contributed by atoms with E-state index in [1.165, 1.54) is 4.90 Å². The molecular formula is C10H8ClNO4. The third-order valence-corrected chi connectivity index (χ3v) is 2.48. The molecule has 1 aliphatic heterocycles. The van der Waals surface area contributed by atoms with Crippen LogP contribution in [-0.4, -0.2) is 29.8 Å². The molecule has 1 aromatic rings. The van der Waals surface area contributed by atoms with Crippen molar-refractivity contribution in [2.75, 3.05) is 11.4 Å². The van der Waals surface area contributed by atoms with E-state index in [9.17, 15) is 9.59 Å². The van der Waals surface area contributed by atoms with Gasteiger partial charge in [-0.3, -0.25) is 4.90 Å². The number of nitrogens with zero attached hydrogens (tertiary/aromatic N) is 1. The van der Waals surface area contributed by atoms with Gasteiger partial charge in [-0.1, -0.05) is 11.6 Å². The largest absolute Gasteiger partial charge is 0.478 e. The quantitative estimate of drug-likeness (QED) is 0.857. The number of halogens is 1. The first kappa shape index (κ1) is 10.8. The van der Waals surface area contributed by atoms with Gasteiger partial charge < -0.3 is 9.84 Å². The zero-order valence-corrected chi connectivity index (χ0v) is 8.85. The molecule has 0 spiro atoms. The Morgan fingerprint density at radius 1 is 1.44 bits per heavy atom. The molecule has 1 N–H and O–H groups in total. The standard InChI is InChI=1S/C10H8ClNO4/c11-6-1-3-7(4-2-6)12-5-8(9(13)14)16-10(12)15/h1-4,8H,5H2,(H,13,14)/t8-/m1/s1. The number of ether oxygens (including phenoxy) is 1. The second kappa shape index (κ2) is 4.02. The van der Waals surface area contributed by atoms with Crippen molar-refractivity contribution in [2.45, 2.75) is 6.10 Å². The molecule has 1 fully saturated rings. The van der Waals surface area contributed by atoms with E-state index in [0.29, 0.717) is 10.7 Å². The summed E-state index contributed by atoms with van der Waals surface area (Å²) in [5.74, 6) is -1.15. The van der Waals surface area contributed by atoms with Gasteiger partial charge in [0.05, 0.1) is 6.54 Å². The fraction of sp³-hybridized carbons (Fsp3) is 0.200. The number of rotatable bonds is 2. The Bertz CT molecular complexity index is 431. The number of benzene rings is 1. The predicted octanol–water partition coefficient (Wildman–Crippen LogP) is 1.75. The highest BCUT2D eigenvalue weighted by Crippen LogP contribution is 2.23. The summed E-state index contributed by atoms with van der Waals surface area (Å²) >= 11 is 5.71. The lowest BCUT2D eigenvalue weighted by molar-refractivity contribution is -0.144. The lowest BCUT2D eigenvalue weighted by atomic mass is 10.3. The number of carboxylic acids is 1. The summed E-state index contributed by atoms with van der Waals surface area (Å²) in [5, 5.41) is 9.26. The molecule has 0 aliphatic carbocycles. The molecule has 1 aliphatic rings. The van der Waals surface area contributed by atoms with Gasteiger partial charge in [0.25, 0.3) is 0 Å². The van der Waals surface area contributed by atoms with Gasteiger partial charge in [-0.25, -0.2) is 9.59 Å². The van der Waals surface area contributed by atoms with Gasteiger partial charge in [-0.15, -0.1) is 0 Å². The first-order valence-electron chi connectivity index (χ1n) is 4.54. The summed E-state index contributed by atoms with van der Waals surface area (Å²) in [6.07, 6.45) is -1.77. The van der Waals surface area contributed by atoms with Crippen molar-refractivity contribution in [3.8, 4) is 0 Å². The number of carbonyl (C=O) groups excluding carboxylic acids is 1. The van der Waals surface area contributed by atoms with Gasteiger partial charge in [0.2, 0.25) is 6.10 Å². The monoisotopic (exact) mass is 241 g/mol. The molecule has 1 amide bonds. The van der Waals surface area contributed by atoms with Gasteiger partial charge in [0, 0.05) is 10.7 Å².